The zero-order valence-electron chi connectivity index (χ0n) is 36.1. The molecule has 0 unspecified atom stereocenters. The standard InChI is InChI=1S/C63H37N3O/c1-3-15-44-42(13-1)35-54(48-19-7-5-17-46(44)48)57-37-58(55-36-43-14-2-4-16-45(43)47-18-6-8-20-49(47)55)66-63(65-57)41-31-27-39(28-32-41)38-25-29-40(30-26-38)61-53-34-33-51-50-21-10-12-24-59(50)67-62(51)60(53)52-22-9-11-23-56(52)64-61/h1-37H. The van der Waals surface area contributed by atoms with Gasteiger partial charge < -0.3 is 4.42 Å². The summed E-state index contributed by atoms with van der Waals surface area (Å²) in [5, 5.41) is 15.0. The Morgan fingerprint density at radius 1 is 0.299 bits per heavy atom. The summed E-state index contributed by atoms with van der Waals surface area (Å²) in [6.07, 6.45) is 0. The van der Waals surface area contributed by atoms with Crippen molar-refractivity contribution < 1.29 is 4.42 Å². The molecule has 0 aliphatic heterocycles. The van der Waals surface area contributed by atoms with Gasteiger partial charge in [-0.3, -0.25) is 0 Å². The second kappa shape index (κ2) is 14.8. The van der Waals surface area contributed by atoms with E-state index in [4.69, 9.17) is 19.4 Å². The number of fused-ring (bicyclic) bond motifs is 13. The average molecular weight is 852 g/mol. The van der Waals surface area contributed by atoms with Crippen LogP contribution in [0.2, 0.25) is 0 Å². The fraction of sp³-hybridized carbons (Fsp3) is 0. The van der Waals surface area contributed by atoms with Gasteiger partial charge in [0.25, 0.3) is 0 Å². The third-order valence-electron chi connectivity index (χ3n) is 13.7. The molecule has 0 saturated carbocycles. The van der Waals surface area contributed by atoms with Gasteiger partial charge >= 0.3 is 0 Å². The van der Waals surface area contributed by atoms with Gasteiger partial charge in [0.05, 0.1) is 22.6 Å². The van der Waals surface area contributed by atoms with Crippen LogP contribution in [0, 0.1) is 0 Å². The maximum Gasteiger partial charge on any atom is 0.160 e. The molecule has 14 aromatic rings. The van der Waals surface area contributed by atoms with Crippen LogP contribution in [-0.2, 0) is 0 Å². The number of benzene rings is 11. The van der Waals surface area contributed by atoms with Crippen molar-refractivity contribution in [3.05, 3.63) is 224 Å². The van der Waals surface area contributed by atoms with Crippen LogP contribution < -0.4 is 0 Å². The molecule has 0 fully saturated rings. The van der Waals surface area contributed by atoms with Crippen LogP contribution in [0.3, 0.4) is 0 Å². The van der Waals surface area contributed by atoms with Gasteiger partial charge in [-0.1, -0.05) is 188 Å². The van der Waals surface area contributed by atoms with Crippen molar-refractivity contribution in [1.82, 2.24) is 15.0 Å². The van der Waals surface area contributed by atoms with E-state index in [2.05, 4.69) is 212 Å². The van der Waals surface area contributed by atoms with Gasteiger partial charge in [0, 0.05) is 49.2 Å². The highest BCUT2D eigenvalue weighted by atomic mass is 16.3. The molecular weight excluding hydrogens is 815 g/mol. The summed E-state index contributed by atoms with van der Waals surface area (Å²) in [7, 11) is 0. The fourth-order valence-corrected chi connectivity index (χ4v) is 10.5. The summed E-state index contributed by atoms with van der Waals surface area (Å²) in [6, 6.07) is 79.7. The second-order valence-corrected chi connectivity index (χ2v) is 17.4. The maximum absolute atomic E-state index is 6.57. The smallest absolute Gasteiger partial charge is 0.160 e. The largest absolute Gasteiger partial charge is 0.455 e. The first-order valence-electron chi connectivity index (χ1n) is 22.7. The van der Waals surface area contributed by atoms with Crippen molar-refractivity contribution in [1.29, 1.82) is 0 Å². The van der Waals surface area contributed by atoms with Crippen LogP contribution in [0.15, 0.2) is 229 Å². The summed E-state index contributed by atoms with van der Waals surface area (Å²) >= 11 is 0. The normalized spacial score (nSPS) is 11.9. The number of hydrogen-bond donors (Lipinski definition) is 0. The highest BCUT2D eigenvalue weighted by Crippen LogP contribution is 2.42. The summed E-state index contributed by atoms with van der Waals surface area (Å²) in [4.78, 5) is 16.0. The number of hydrogen-bond acceptors (Lipinski definition) is 4. The third kappa shape index (κ3) is 5.97. The molecule has 0 N–H and O–H groups in total. The van der Waals surface area contributed by atoms with Crippen LogP contribution in [-0.4, -0.2) is 15.0 Å². The molecule has 0 saturated heterocycles. The molecule has 3 aromatic heterocycles. The quantitative estimate of drug-likeness (QED) is 0.162. The van der Waals surface area contributed by atoms with E-state index in [1.54, 1.807) is 0 Å². The minimum atomic E-state index is 0.677. The zero-order chi connectivity index (χ0) is 44.0. The van der Waals surface area contributed by atoms with Crippen LogP contribution in [0.5, 0.6) is 0 Å². The van der Waals surface area contributed by atoms with Crippen molar-refractivity contribution >= 4 is 86.7 Å². The Balaban J connectivity index is 0.889. The maximum atomic E-state index is 6.57. The van der Waals surface area contributed by atoms with Crippen LogP contribution in [0.1, 0.15) is 0 Å². The van der Waals surface area contributed by atoms with Crippen LogP contribution in [0.4, 0.5) is 0 Å². The Morgan fingerprint density at radius 3 is 1.37 bits per heavy atom. The number of rotatable bonds is 5. The summed E-state index contributed by atoms with van der Waals surface area (Å²) < 4.78 is 6.57. The lowest BCUT2D eigenvalue weighted by atomic mass is 9.93. The molecule has 0 spiro atoms. The van der Waals surface area contributed by atoms with Crippen molar-refractivity contribution in [2.75, 3.05) is 0 Å². The van der Waals surface area contributed by atoms with Crippen molar-refractivity contribution in [3.8, 4) is 56.3 Å². The Bertz CT molecular complexity index is 4180. The zero-order valence-corrected chi connectivity index (χ0v) is 36.1. The molecular formula is C63H37N3O. The monoisotopic (exact) mass is 851 g/mol. The van der Waals surface area contributed by atoms with Crippen LogP contribution in [0.25, 0.3) is 143 Å². The van der Waals surface area contributed by atoms with Crippen molar-refractivity contribution in [2.45, 2.75) is 0 Å². The molecule has 0 bridgehead atoms. The van der Waals surface area contributed by atoms with E-state index in [0.717, 1.165) is 105 Å². The molecule has 14 rings (SSSR count). The molecule has 67 heavy (non-hydrogen) atoms. The van der Waals surface area contributed by atoms with E-state index >= 15 is 0 Å². The van der Waals surface area contributed by atoms with Gasteiger partial charge in [-0.15, -0.1) is 0 Å². The predicted molar refractivity (Wildman–Crippen MR) is 279 cm³/mol. The van der Waals surface area contributed by atoms with E-state index in [1.165, 1.54) is 32.3 Å². The Hall–Kier alpha value is -8.99. The summed E-state index contributed by atoms with van der Waals surface area (Å²) in [5.74, 6) is 0.677. The van der Waals surface area contributed by atoms with E-state index in [1.807, 2.05) is 12.1 Å². The third-order valence-corrected chi connectivity index (χ3v) is 13.7. The Morgan fingerprint density at radius 2 is 0.761 bits per heavy atom. The lowest BCUT2D eigenvalue weighted by Crippen LogP contribution is -1.97. The SMILES string of the molecule is c1ccc2c(c1)cc(-c1cc(-c3cc4ccccc4c4ccccc34)nc(-c3ccc(-c4ccc(-c5nc6ccccc6c6c5ccc5c7ccccc7oc56)cc4)cc3)n1)c1ccccc12. The lowest BCUT2D eigenvalue weighted by Gasteiger charge is -2.15. The first-order chi connectivity index (χ1) is 33.2. The highest BCUT2D eigenvalue weighted by Gasteiger charge is 2.19. The van der Waals surface area contributed by atoms with Crippen LogP contribution >= 0.6 is 0 Å². The van der Waals surface area contributed by atoms with E-state index in [0.29, 0.717) is 5.82 Å². The molecule has 0 aliphatic carbocycles. The molecule has 310 valence electrons. The van der Waals surface area contributed by atoms with Gasteiger partial charge in [-0.25, -0.2) is 15.0 Å². The van der Waals surface area contributed by atoms with Gasteiger partial charge in [0.15, 0.2) is 5.82 Å². The topological polar surface area (TPSA) is 51.8 Å². The van der Waals surface area contributed by atoms with Crippen molar-refractivity contribution in [2.24, 2.45) is 0 Å². The number of nitrogens with zero attached hydrogens (tertiary/aromatic N) is 3. The fourth-order valence-electron chi connectivity index (χ4n) is 10.5. The number of pyridine rings is 1. The minimum Gasteiger partial charge on any atom is -0.455 e. The van der Waals surface area contributed by atoms with Gasteiger partial charge in [0.2, 0.25) is 0 Å². The predicted octanol–water partition coefficient (Wildman–Crippen LogP) is 17.0. The Labute approximate surface area is 385 Å². The number of aromatic nitrogens is 3. The molecule has 11 aromatic carbocycles. The van der Waals surface area contributed by atoms with E-state index in [-0.39, 0.29) is 0 Å². The first-order valence-corrected chi connectivity index (χ1v) is 22.7. The first kappa shape index (κ1) is 37.4. The van der Waals surface area contributed by atoms with Gasteiger partial charge in [0.1, 0.15) is 11.2 Å². The lowest BCUT2D eigenvalue weighted by molar-refractivity contribution is 0.673. The molecule has 4 nitrogen and oxygen atoms in total. The van der Waals surface area contributed by atoms with Gasteiger partial charge in [-0.05, 0) is 90.6 Å². The summed E-state index contributed by atoms with van der Waals surface area (Å²) in [5.41, 5.74) is 11.8. The molecule has 0 radical (unpaired) electrons. The number of furan rings is 1. The van der Waals surface area contributed by atoms with E-state index < -0.39 is 0 Å². The van der Waals surface area contributed by atoms with Crippen molar-refractivity contribution in [3.63, 3.8) is 0 Å². The molecule has 0 amide bonds. The van der Waals surface area contributed by atoms with E-state index in [9.17, 15) is 0 Å². The molecule has 0 aliphatic rings. The molecule has 3 heterocycles. The minimum absolute atomic E-state index is 0.677. The van der Waals surface area contributed by atoms with Gasteiger partial charge in [-0.2, -0.15) is 0 Å². The average Bonchev–Trinajstić information content (AvgIpc) is 3.79. The second-order valence-electron chi connectivity index (χ2n) is 17.4. The molecule has 0 atom stereocenters. The molecule has 4 heteroatoms. The number of para-hydroxylation sites is 2. The highest BCUT2D eigenvalue weighted by molar-refractivity contribution is 6.25. The Kier molecular flexibility index (Phi) is 8.25. The summed E-state index contributed by atoms with van der Waals surface area (Å²) in [6.45, 7) is 0.